The van der Waals surface area contributed by atoms with Gasteiger partial charge in [-0.1, -0.05) is 24.3 Å². The highest BCUT2D eigenvalue weighted by Gasteiger charge is 2.16. The Labute approximate surface area is 138 Å². The molecule has 0 aliphatic carbocycles. The van der Waals surface area contributed by atoms with E-state index in [0.29, 0.717) is 0 Å². The Morgan fingerprint density at radius 1 is 1.21 bits per heavy atom. The maximum absolute atomic E-state index is 11.3. The van der Waals surface area contributed by atoms with Gasteiger partial charge in [0.1, 0.15) is 5.65 Å². The zero-order valence-electron chi connectivity index (χ0n) is 13.1. The smallest absolute Gasteiger partial charge is 0.305 e. The molecule has 0 radical (unpaired) electrons. The predicted octanol–water partition coefficient (Wildman–Crippen LogP) is 2.88. The molecule has 24 heavy (non-hydrogen) atoms. The van der Waals surface area contributed by atoms with Crippen LogP contribution in [-0.2, 0) is 9.59 Å². The first-order valence-electron chi connectivity index (χ1n) is 7.55. The van der Waals surface area contributed by atoms with Crippen molar-refractivity contribution in [1.29, 1.82) is 0 Å². The van der Waals surface area contributed by atoms with E-state index in [1.165, 1.54) is 6.92 Å². The molecule has 0 fully saturated rings. The van der Waals surface area contributed by atoms with Crippen molar-refractivity contribution in [3.8, 4) is 11.1 Å². The van der Waals surface area contributed by atoms with Gasteiger partial charge in [-0.3, -0.25) is 9.59 Å². The molecule has 0 bridgehead atoms. The first kappa shape index (κ1) is 15.7. The lowest BCUT2D eigenvalue weighted by atomic mass is 9.99. The Hall–Kier alpha value is -3.15. The number of amides is 1. The third-order valence-corrected chi connectivity index (χ3v) is 3.80. The molecular weight excluding hydrogens is 306 g/mol. The second-order valence-electron chi connectivity index (χ2n) is 5.61. The predicted molar refractivity (Wildman–Crippen MR) is 90.3 cm³/mol. The average molecular weight is 323 g/mol. The quantitative estimate of drug-likeness (QED) is 0.673. The fraction of sp³-hybridized carbons (Fsp3) is 0.167. The summed E-state index contributed by atoms with van der Waals surface area (Å²) in [5.74, 6) is -1.22. The number of pyridine rings is 1. The first-order valence-corrected chi connectivity index (χ1v) is 7.55. The summed E-state index contributed by atoms with van der Waals surface area (Å²) in [6.07, 6.45) is 3.47. The van der Waals surface area contributed by atoms with E-state index in [1.807, 2.05) is 42.6 Å². The van der Waals surface area contributed by atoms with Crippen LogP contribution < -0.4 is 5.32 Å². The number of carboxylic acid groups (broad SMARTS) is 1. The molecule has 3 aromatic rings. The lowest BCUT2D eigenvalue weighted by Crippen LogP contribution is -2.27. The third kappa shape index (κ3) is 3.43. The highest BCUT2D eigenvalue weighted by Crippen LogP contribution is 2.25. The molecule has 1 atom stereocenters. The molecule has 2 aromatic heterocycles. The van der Waals surface area contributed by atoms with Crippen LogP contribution in [-0.4, -0.2) is 27.0 Å². The number of carboxylic acids is 1. The van der Waals surface area contributed by atoms with Crippen molar-refractivity contribution >= 4 is 22.9 Å². The molecular formula is C18H17N3O3. The van der Waals surface area contributed by atoms with Gasteiger partial charge in [-0.2, -0.15) is 0 Å². The summed E-state index contributed by atoms with van der Waals surface area (Å²) in [6, 6.07) is 10.9. The number of H-pyrrole nitrogens is 1. The van der Waals surface area contributed by atoms with Crippen LogP contribution in [0, 0.1) is 0 Å². The summed E-state index contributed by atoms with van der Waals surface area (Å²) in [7, 11) is 0. The van der Waals surface area contributed by atoms with Crippen LogP contribution in [0.1, 0.15) is 24.9 Å². The van der Waals surface area contributed by atoms with Gasteiger partial charge in [0.2, 0.25) is 5.91 Å². The lowest BCUT2D eigenvalue weighted by Gasteiger charge is -2.16. The monoisotopic (exact) mass is 323 g/mol. The van der Waals surface area contributed by atoms with E-state index in [9.17, 15) is 9.59 Å². The van der Waals surface area contributed by atoms with Crippen LogP contribution >= 0.6 is 0 Å². The number of carbonyl (C=O) groups excluding carboxylic acids is 1. The van der Waals surface area contributed by atoms with Gasteiger partial charge < -0.3 is 15.4 Å². The molecule has 1 unspecified atom stereocenters. The number of nitrogens with one attached hydrogen (secondary N) is 2. The van der Waals surface area contributed by atoms with Crippen molar-refractivity contribution < 1.29 is 14.7 Å². The Kier molecular flexibility index (Phi) is 4.29. The highest BCUT2D eigenvalue weighted by atomic mass is 16.4. The Morgan fingerprint density at radius 3 is 2.62 bits per heavy atom. The SMILES string of the molecule is CC(=O)NC(CC(=O)O)c1ccc(-c2cnc3[nH]ccc3c2)cc1. The average Bonchev–Trinajstić information content (AvgIpc) is 3.01. The normalized spacial score (nSPS) is 12.0. The molecule has 0 aliphatic rings. The lowest BCUT2D eigenvalue weighted by molar-refractivity contribution is -0.137. The summed E-state index contributed by atoms with van der Waals surface area (Å²) >= 11 is 0. The van der Waals surface area contributed by atoms with Crippen LogP contribution in [0.25, 0.3) is 22.2 Å². The molecule has 6 heteroatoms. The summed E-state index contributed by atoms with van der Waals surface area (Å²) < 4.78 is 0. The van der Waals surface area contributed by atoms with Crippen molar-refractivity contribution in [1.82, 2.24) is 15.3 Å². The largest absolute Gasteiger partial charge is 0.481 e. The number of hydrogen-bond donors (Lipinski definition) is 3. The fourth-order valence-electron chi connectivity index (χ4n) is 2.68. The van der Waals surface area contributed by atoms with Crippen molar-refractivity contribution in [3.63, 3.8) is 0 Å². The second kappa shape index (κ2) is 6.54. The summed E-state index contributed by atoms with van der Waals surface area (Å²) in [5, 5.41) is 12.7. The highest BCUT2D eigenvalue weighted by molar-refractivity contribution is 5.81. The molecule has 0 spiro atoms. The molecule has 2 heterocycles. The third-order valence-electron chi connectivity index (χ3n) is 3.80. The van der Waals surface area contributed by atoms with E-state index in [2.05, 4.69) is 15.3 Å². The Morgan fingerprint density at radius 2 is 1.96 bits per heavy atom. The zero-order chi connectivity index (χ0) is 17.1. The number of aromatic amines is 1. The first-order chi connectivity index (χ1) is 11.5. The van der Waals surface area contributed by atoms with Gasteiger partial charge in [0.25, 0.3) is 0 Å². The van der Waals surface area contributed by atoms with Crippen molar-refractivity contribution in [3.05, 3.63) is 54.4 Å². The number of nitrogens with zero attached hydrogens (tertiary/aromatic N) is 1. The van der Waals surface area contributed by atoms with Crippen LogP contribution in [0.15, 0.2) is 48.8 Å². The number of carbonyl (C=O) groups is 2. The molecule has 122 valence electrons. The molecule has 1 amide bonds. The van der Waals surface area contributed by atoms with E-state index in [-0.39, 0.29) is 12.3 Å². The van der Waals surface area contributed by atoms with Gasteiger partial charge in [-0.25, -0.2) is 4.98 Å². The molecule has 3 rings (SSSR count). The van der Waals surface area contributed by atoms with E-state index in [1.54, 1.807) is 6.20 Å². The standard InChI is InChI=1S/C18H17N3O3/c1-11(22)21-16(9-17(23)24)13-4-2-12(3-5-13)15-8-14-6-7-19-18(14)20-10-15/h2-8,10,16H,9H2,1H3,(H,19,20)(H,21,22)(H,23,24). The number of hydrogen-bond acceptors (Lipinski definition) is 3. The molecule has 3 N–H and O–H groups in total. The van der Waals surface area contributed by atoms with Crippen molar-refractivity contribution in [2.75, 3.05) is 0 Å². The molecule has 0 saturated carbocycles. The summed E-state index contributed by atoms with van der Waals surface area (Å²) in [6.45, 7) is 1.38. The molecule has 6 nitrogen and oxygen atoms in total. The van der Waals surface area contributed by atoms with E-state index < -0.39 is 12.0 Å². The molecule has 1 aromatic carbocycles. The van der Waals surface area contributed by atoms with Gasteiger partial charge in [0, 0.05) is 30.3 Å². The number of aromatic nitrogens is 2. The van der Waals surface area contributed by atoms with E-state index in [4.69, 9.17) is 5.11 Å². The van der Waals surface area contributed by atoms with Crippen LogP contribution in [0.4, 0.5) is 0 Å². The number of aliphatic carboxylic acids is 1. The second-order valence-corrected chi connectivity index (χ2v) is 5.61. The van der Waals surface area contributed by atoms with Crippen molar-refractivity contribution in [2.45, 2.75) is 19.4 Å². The fourth-order valence-corrected chi connectivity index (χ4v) is 2.68. The van der Waals surface area contributed by atoms with Gasteiger partial charge in [-0.05, 0) is 23.3 Å². The maximum atomic E-state index is 11.3. The van der Waals surface area contributed by atoms with Crippen LogP contribution in [0.3, 0.4) is 0 Å². The zero-order valence-corrected chi connectivity index (χ0v) is 13.1. The van der Waals surface area contributed by atoms with Crippen molar-refractivity contribution in [2.24, 2.45) is 0 Å². The molecule has 0 aliphatic heterocycles. The van der Waals surface area contributed by atoms with Gasteiger partial charge in [-0.15, -0.1) is 0 Å². The summed E-state index contributed by atoms with van der Waals surface area (Å²) in [4.78, 5) is 29.7. The number of benzene rings is 1. The molecule has 0 saturated heterocycles. The Balaban J connectivity index is 1.87. The van der Waals surface area contributed by atoms with Gasteiger partial charge >= 0.3 is 5.97 Å². The Bertz CT molecular complexity index is 868. The maximum Gasteiger partial charge on any atom is 0.305 e. The van der Waals surface area contributed by atoms with E-state index in [0.717, 1.165) is 27.7 Å². The van der Waals surface area contributed by atoms with Crippen LogP contribution in [0.5, 0.6) is 0 Å². The van der Waals surface area contributed by atoms with Gasteiger partial charge in [0.05, 0.1) is 12.5 Å². The number of rotatable bonds is 5. The number of fused-ring (bicyclic) bond motifs is 1. The topological polar surface area (TPSA) is 95.1 Å². The van der Waals surface area contributed by atoms with E-state index >= 15 is 0 Å². The minimum atomic E-state index is -0.958. The van der Waals surface area contributed by atoms with Crippen LogP contribution in [0.2, 0.25) is 0 Å². The van der Waals surface area contributed by atoms with Gasteiger partial charge in [0.15, 0.2) is 0 Å². The summed E-state index contributed by atoms with van der Waals surface area (Å²) in [5.41, 5.74) is 3.55. The minimum absolute atomic E-state index is 0.157. The minimum Gasteiger partial charge on any atom is -0.481 e.